The Kier molecular flexibility index (Phi) is 9.15. The lowest BCUT2D eigenvalue weighted by Gasteiger charge is -2.04. The highest BCUT2D eigenvalue weighted by molar-refractivity contribution is 5.87. The van der Waals surface area contributed by atoms with Gasteiger partial charge in [-0.05, 0) is 71.3 Å². The maximum absolute atomic E-state index is 4.80. The van der Waals surface area contributed by atoms with Gasteiger partial charge in [-0.15, -0.1) is 0 Å². The van der Waals surface area contributed by atoms with Crippen LogP contribution in [-0.4, -0.2) is 33.6 Å². The summed E-state index contributed by atoms with van der Waals surface area (Å²) in [4.78, 5) is 27.7. The van der Waals surface area contributed by atoms with Gasteiger partial charge in [0.1, 0.15) is 0 Å². The highest BCUT2D eigenvalue weighted by atomic mass is 14.8. The first kappa shape index (κ1) is 30.0. The van der Waals surface area contributed by atoms with E-state index in [0.29, 0.717) is 0 Å². The van der Waals surface area contributed by atoms with E-state index in [9.17, 15) is 0 Å². The maximum Gasteiger partial charge on any atom is 0.0701 e. The van der Waals surface area contributed by atoms with Crippen LogP contribution >= 0.6 is 0 Å². The van der Waals surface area contributed by atoms with Crippen LogP contribution in [-0.2, 0) is 0 Å². The molecule has 7 aromatic rings. The number of aromatic nitrogens is 3. The molecule has 0 spiro atoms. The quantitative estimate of drug-likeness (QED) is 0.151. The van der Waals surface area contributed by atoms with Crippen LogP contribution in [0.4, 0.5) is 17.1 Å². The van der Waals surface area contributed by atoms with E-state index >= 15 is 0 Å². The Balaban J connectivity index is 1.14. The molecule has 0 amide bonds. The Hall–Kier alpha value is -6.66. The highest BCUT2D eigenvalue weighted by Crippen LogP contribution is 2.29. The second-order valence-corrected chi connectivity index (χ2v) is 11.0. The fourth-order valence-electron chi connectivity index (χ4n) is 5.07. The number of aliphatic imine (C=N–C) groups is 3. The van der Waals surface area contributed by atoms with Gasteiger partial charge >= 0.3 is 0 Å². The predicted molar refractivity (Wildman–Crippen MR) is 197 cm³/mol. The molecule has 0 saturated carbocycles. The molecular formula is C42H30N6. The second-order valence-electron chi connectivity index (χ2n) is 11.0. The number of hydrogen-bond donors (Lipinski definition) is 0. The minimum Gasteiger partial charge on any atom is -0.256 e. The zero-order chi connectivity index (χ0) is 32.4. The standard InChI is InChI=1S/C42H30N6/c1-4-22-43-40(7-1)34-16-10-31(11-17-34)28-46-37-25-38(47-29-32-12-18-35(19-13-32)41-8-2-5-23-44-41)27-39(26-37)48-30-33-14-20-36(21-15-33)42-9-3-6-24-45-42/h1-30H. The summed E-state index contributed by atoms with van der Waals surface area (Å²) >= 11 is 0. The summed E-state index contributed by atoms with van der Waals surface area (Å²) in [6, 6.07) is 48.1. The fourth-order valence-corrected chi connectivity index (χ4v) is 5.07. The molecule has 0 radical (unpaired) electrons. The van der Waals surface area contributed by atoms with Crippen molar-refractivity contribution in [3.05, 3.63) is 181 Å². The van der Waals surface area contributed by atoms with E-state index in [4.69, 9.17) is 15.0 Å². The summed E-state index contributed by atoms with van der Waals surface area (Å²) in [5.41, 5.74) is 11.2. The van der Waals surface area contributed by atoms with Crippen molar-refractivity contribution in [1.82, 2.24) is 15.0 Å². The monoisotopic (exact) mass is 618 g/mol. The minimum absolute atomic E-state index is 0.751. The molecule has 0 atom stereocenters. The number of hydrogen-bond acceptors (Lipinski definition) is 6. The largest absolute Gasteiger partial charge is 0.256 e. The summed E-state index contributed by atoms with van der Waals surface area (Å²) < 4.78 is 0. The molecule has 48 heavy (non-hydrogen) atoms. The van der Waals surface area contributed by atoms with Gasteiger partial charge in [-0.2, -0.15) is 0 Å². The van der Waals surface area contributed by atoms with Crippen LogP contribution in [0.3, 0.4) is 0 Å². The van der Waals surface area contributed by atoms with Gasteiger partial charge in [0.15, 0.2) is 0 Å². The van der Waals surface area contributed by atoms with Crippen LogP contribution in [0, 0.1) is 0 Å². The van der Waals surface area contributed by atoms with Crippen molar-refractivity contribution in [3.63, 3.8) is 0 Å². The molecule has 7 rings (SSSR count). The summed E-state index contributed by atoms with van der Waals surface area (Å²) in [5, 5.41) is 0. The fraction of sp³-hybridized carbons (Fsp3) is 0. The van der Waals surface area contributed by atoms with Crippen LogP contribution in [0.25, 0.3) is 33.8 Å². The van der Waals surface area contributed by atoms with E-state index in [1.807, 2.05) is 128 Å². The zero-order valence-corrected chi connectivity index (χ0v) is 26.0. The third-order valence-electron chi connectivity index (χ3n) is 7.59. The van der Waals surface area contributed by atoms with E-state index in [-0.39, 0.29) is 0 Å². The maximum atomic E-state index is 4.80. The van der Waals surface area contributed by atoms with Gasteiger partial charge in [0, 0.05) is 53.9 Å². The van der Waals surface area contributed by atoms with E-state index < -0.39 is 0 Å². The molecule has 3 aromatic heterocycles. The molecule has 0 fully saturated rings. The average Bonchev–Trinajstić information content (AvgIpc) is 3.17. The van der Waals surface area contributed by atoms with Gasteiger partial charge in [0.05, 0.1) is 34.1 Å². The topological polar surface area (TPSA) is 75.8 Å². The van der Waals surface area contributed by atoms with Gasteiger partial charge in [0.25, 0.3) is 0 Å². The Morgan fingerprint density at radius 1 is 0.333 bits per heavy atom. The van der Waals surface area contributed by atoms with E-state index in [2.05, 4.69) is 51.4 Å². The highest BCUT2D eigenvalue weighted by Gasteiger charge is 2.03. The molecule has 0 aliphatic heterocycles. The Morgan fingerprint density at radius 3 is 0.875 bits per heavy atom. The van der Waals surface area contributed by atoms with Gasteiger partial charge in [-0.3, -0.25) is 29.9 Å². The van der Waals surface area contributed by atoms with Crippen molar-refractivity contribution in [2.45, 2.75) is 0 Å². The molecular weight excluding hydrogens is 589 g/mol. The predicted octanol–water partition coefficient (Wildman–Crippen LogP) is 10.1. The van der Waals surface area contributed by atoms with E-state index in [1.165, 1.54) is 0 Å². The van der Waals surface area contributed by atoms with Gasteiger partial charge in [-0.25, -0.2) is 0 Å². The summed E-state index contributed by atoms with van der Waals surface area (Å²) in [6.45, 7) is 0. The second kappa shape index (κ2) is 14.6. The summed E-state index contributed by atoms with van der Waals surface area (Å²) in [7, 11) is 0. The van der Waals surface area contributed by atoms with E-state index in [1.54, 1.807) is 18.6 Å². The van der Waals surface area contributed by atoms with Crippen LogP contribution in [0.5, 0.6) is 0 Å². The molecule has 0 bridgehead atoms. The smallest absolute Gasteiger partial charge is 0.0701 e. The van der Waals surface area contributed by atoms with Crippen molar-refractivity contribution in [2.75, 3.05) is 0 Å². The van der Waals surface area contributed by atoms with Gasteiger partial charge in [-0.1, -0.05) is 91.0 Å². The Labute approximate surface area is 279 Å². The lowest BCUT2D eigenvalue weighted by molar-refractivity contribution is 1.33. The van der Waals surface area contributed by atoms with Crippen LogP contribution < -0.4 is 0 Å². The summed E-state index contributed by atoms with van der Waals surface area (Å²) in [5.74, 6) is 0. The molecule has 0 saturated heterocycles. The molecule has 6 nitrogen and oxygen atoms in total. The Bertz CT molecular complexity index is 1910. The molecule has 0 N–H and O–H groups in total. The SMILES string of the molecule is C(=Nc1cc(N=Cc2ccc(-c3ccccn3)cc2)cc(N=Cc2ccc(-c3ccccn3)cc2)c1)c1ccc(-c2ccccn2)cc1. The van der Waals surface area contributed by atoms with Crippen LogP contribution in [0.1, 0.15) is 16.7 Å². The molecule has 0 aliphatic rings. The van der Waals surface area contributed by atoms with Crippen molar-refractivity contribution < 1.29 is 0 Å². The third kappa shape index (κ3) is 7.76. The number of nitrogens with zero attached hydrogens (tertiary/aromatic N) is 6. The Morgan fingerprint density at radius 2 is 0.625 bits per heavy atom. The van der Waals surface area contributed by atoms with Crippen LogP contribution in [0.2, 0.25) is 0 Å². The van der Waals surface area contributed by atoms with Crippen molar-refractivity contribution in [3.8, 4) is 33.8 Å². The summed E-state index contributed by atoms with van der Waals surface area (Å²) in [6.07, 6.45) is 11.0. The molecule has 6 heteroatoms. The van der Waals surface area contributed by atoms with Crippen LogP contribution in [0.15, 0.2) is 179 Å². The minimum atomic E-state index is 0.751. The zero-order valence-electron chi connectivity index (χ0n) is 26.0. The lowest BCUT2D eigenvalue weighted by Crippen LogP contribution is -1.85. The van der Waals surface area contributed by atoms with Crippen molar-refractivity contribution >= 4 is 35.7 Å². The van der Waals surface area contributed by atoms with Crippen molar-refractivity contribution in [2.24, 2.45) is 15.0 Å². The molecule has 228 valence electrons. The third-order valence-corrected chi connectivity index (χ3v) is 7.59. The number of benzene rings is 4. The van der Waals surface area contributed by atoms with Gasteiger partial charge in [0.2, 0.25) is 0 Å². The molecule has 3 heterocycles. The van der Waals surface area contributed by atoms with E-state index in [0.717, 1.165) is 67.5 Å². The number of rotatable bonds is 9. The first-order chi connectivity index (χ1) is 23.7. The van der Waals surface area contributed by atoms with Gasteiger partial charge < -0.3 is 0 Å². The first-order valence-electron chi connectivity index (χ1n) is 15.6. The van der Waals surface area contributed by atoms with Crippen molar-refractivity contribution in [1.29, 1.82) is 0 Å². The lowest BCUT2D eigenvalue weighted by atomic mass is 10.1. The molecule has 0 unspecified atom stereocenters. The molecule has 0 aliphatic carbocycles. The number of pyridine rings is 3. The first-order valence-corrected chi connectivity index (χ1v) is 15.6. The normalized spacial score (nSPS) is 11.5. The molecule has 4 aromatic carbocycles. The average molecular weight is 619 g/mol.